The number of hydrogen-bond donors (Lipinski definition) is 2. The highest BCUT2D eigenvalue weighted by Gasteiger charge is 2.07. The van der Waals surface area contributed by atoms with Crippen molar-refractivity contribution in [2.45, 2.75) is 11.8 Å². The van der Waals surface area contributed by atoms with Crippen LogP contribution in [0.25, 0.3) is 0 Å². The number of benzene rings is 2. The highest BCUT2D eigenvalue weighted by atomic mass is 32.2. The van der Waals surface area contributed by atoms with Gasteiger partial charge in [-0.2, -0.15) is 0 Å². The van der Waals surface area contributed by atoms with Gasteiger partial charge in [0, 0.05) is 21.8 Å². The van der Waals surface area contributed by atoms with Crippen molar-refractivity contribution in [2.75, 3.05) is 17.3 Å². The first-order valence-corrected chi connectivity index (χ1v) is 7.14. The molecule has 0 aromatic heterocycles. The van der Waals surface area contributed by atoms with E-state index in [0.29, 0.717) is 11.3 Å². The first-order valence-electron chi connectivity index (χ1n) is 5.91. The van der Waals surface area contributed by atoms with E-state index in [-0.39, 0.29) is 5.91 Å². The molecule has 2 aromatic rings. The van der Waals surface area contributed by atoms with E-state index in [1.54, 1.807) is 23.9 Å². The Labute approximate surface area is 117 Å². The summed E-state index contributed by atoms with van der Waals surface area (Å²) in [6.45, 7) is 1.91. The van der Waals surface area contributed by atoms with Gasteiger partial charge in [0.15, 0.2) is 0 Å². The van der Waals surface area contributed by atoms with E-state index in [9.17, 15) is 4.79 Å². The zero-order valence-corrected chi connectivity index (χ0v) is 11.8. The van der Waals surface area contributed by atoms with Crippen LogP contribution < -0.4 is 11.1 Å². The average molecular weight is 272 g/mol. The smallest absolute Gasteiger partial charge is 0.255 e. The number of carbonyl (C=O) groups is 1. The highest BCUT2D eigenvalue weighted by molar-refractivity contribution is 7.98. The van der Waals surface area contributed by atoms with E-state index >= 15 is 0 Å². The second-order valence-electron chi connectivity index (χ2n) is 4.25. The molecule has 19 heavy (non-hydrogen) atoms. The molecule has 0 aliphatic carbocycles. The SMILES string of the molecule is CSc1ccc(NC(=O)c2ccc(C)c(N)c2)cc1. The molecule has 0 heterocycles. The van der Waals surface area contributed by atoms with Crippen LogP contribution in [0.4, 0.5) is 11.4 Å². The van der Waals surface area contributed by atoms with Crippen LogP contribution in [-0.4, -0.2) is 12.2 Å². The maximum absolute atomic E-state index is 12.1. The molecule has 3 N–H and O–H groups in total. The van der Waals surface area contributed by atoms with Crippen LogP contribution in [-0.2, 0) is 0 Å². The molecule has 2 rings (SSSR count). The Morgan fingerprint density at radius 3 is 2.42 bits per heavy atom. The van der Waals surface area contributed by atoms with Gasteiger partial charge in [0.05, 0.1) is 0 Å². The number of nitrogens with one attached hydrogen (secondary N) is 1. The molecule has 0 spiro atoms. The minimum atomic E-state index is -0.149. The lowest BCUT2D eigenvalue weighted by Crippen LogP contribution is -2.12. The number of anilines is 2. The second-order valence-corrected chi connectivity index (χ2v) is 5.13. The molecule has 0 radical (unpaired) electrons. The molecule has 0 bridgehead atoms. The zero-order valence-electron chi connectivity index (χ0n) is 10.9. The summed E-state index contributed by atoms with van der Waals surface area (Å²) in [5.74, 6) is -0.149. The molecule has 2 aromatic carbocycles. The Morgan fingerprint density at radius 1 is 1.16 bits per heavy atom. The molecule has 0 atom stereocenters. The Bertz CT molecular complexity index is 594. The summed E-state index contributed by atoms with van der Waals surface area (Å²) in [5, 5.41) is 2.85. The summed E-state index contributed by atoms with van der Waals surface area (Å²) in [6.07, 6.45) is 2.02. The van der Waals surface area contributed by atoms with Gasteiger partial charge in [-0.05, 0) is 55.1 Å². The predicted octanol–water partition coefficient (Wildman–Crippen LogP) is 3.55. The van der Waals surface area contributed by atoms with Crippen molar-refractivity contribution in [1.29, 1.82) is 0 Å². The molecule has 98 valence electrons. The van der Waals surface area contributed by atoms with Crippen LogP contribution in [0.15, 0.2) is 47.4 Å². The molecule has 0 unspecified atom stereocenters. The molecule has 3 nitrogen and oxygen atoms in total. The van der Waals surface area contributed by atoms with Crippen molar-refractivity contribution in [3.63, 3.8) is 0 Å². The Kier molecular flexibility index (Phi) is 4.12. The number of amides is 1. The number of hydrogen-bond acceptors (Lipinski definition) is 3. The van der Waals surface area contributed by atoms with Gasteiger partial charge in [-0.1, -0.05) is 6.07 Å². The standard InChI is InChI=1S/C15H16N2OS/c1-10-3-4-11(9-14(10)16)15(18)17-12-5-7-13(19-2)8-6-12/h3-9H,16H2,1-2H3,(H,17,18). The molecule has 0 aliphatic rings. The monoisotopic (exact) mass is 272 g/mol. The summed E-state index contributed by atoms with van der Waals surface area (Å²) in [5.41, 5.74) is 8.76. The average Bonchev–Trinajstić information content (AvgIpc) is 2.42. The van der Waals surface area contributed by atoms with Crippen molar-refractivity contribution in [1.82, 2.24) is 0 Å². The van der Waals surface area contributed by atoms with Gasteiger partial charge in [0.25, 0.3) is 5.91 Å². The lowest BCUT2D eigenvalue weighted by molar-refractivity contribution is 0.102. The minimum Gasteiger partial charge on any atom is -0.398 e. The lowest BCUT2D eigenvalue weighted by Gasteiger charge is -2.07. The van der Waals surface area contributed by atoms with Crippen LogP contribution in [0.1, 0.15) is 15.9 Å². The molecule has 0 saturated carbocycles. The number of rotatable bonds is 3. The van der Waals surface area contributed by atoms with Gasteiger partial charge in [-0.3, -0.25) is 4.79 Å². The summed E-state index contributed by atoms with van der Waals surface area (Å²) < 4.78 is 0. The Balaban J connectivity index is 2.13. The minimum absolute atomic E-state index is 0.149. The number of aryl methyl sites for hydroxylation is 1. The Hall–Kier alpha value is -1.94. The third-order valence-corrected chi connectivity index (χ3v) is 3.63. The number of nitrogens with two attached hydrogens (primary N) is 1. The van der Waals surface area contributed by atoms with Crippen LogP contribution in [0.5, 0.6) is 0 Å². The zero-order chi connectivity index (χ0) is 13.8. The van der Waals surface area contributed by atoms with E-state index in [0.717, 1.165) is 16.1 Å². The van der Waals surface area contributed by atoms with Crippen molar-refractivity contribution < 1.29 is 4.79 Å². The van der Waals surface area contributed by atoms with E-state index in [2.05, 4.69) is 5.32 Å². The van der Waals surface area contributed by atoms with Crippen molar-refractivity contribution in [3.05, 3.63) is 53.6 Å². The van der Waals surface area contributed by atoms with Gasteiger partial charge in [0.2, 0.25) is 0 Å². The van der Waals surface area contributed by atoms with Crippen molar-refractivity contribution >= 4 is 29.0 Å². The van der Waals surface area contributed by atoms with Crippen molar-refractivity contribution in [3.8, 4) is 0 Å². The number of nitrogen functional groups attached to an aromatic ring is 1. The molecule has 4 heteroatoms. The first kappa shape index (κ1) is 13.5. The topological polar surface area (TPSA) is 55.1 Å². The summed E-state index contributed by atoms with van der Waals surface area (Å²) >= 11 is 1.67. The molecule has 0 aliphatic heterocycles. The third-order valence-electron chi connectivity index (χ3n) is 2.89. The molecular formula is C15H16N2OS. The van der Waals surface area contributed by atoms with Crippen LogP contribution in [0.2, 0.25) is 0 Å². The van der Waals surface area contributed by atoms with Gasteiger partial charge in [0.1, 0.15) is 0 Å². The van der Waals surface area contributed by atoms with E-state index in [1.165, 1.54) is 0 Å². The van der Waals surface area contributed by atoms with E-state index in [4.69, 9.17) is 5.73 Å². The second kappa shape index (κ2) is 5.80. The molecular weight excluding hydrogens is 256 g/mol. The summed E-state index contributed by atoms with van der Waals surface area (Å²) in [4.78, 5) is 13.2. The van der Waals surface area contributed by atoms with Gasteiger partial charge in [-0.25, -0.2) is 0 Å². The molecule has 0 saturated heterocycles. The quantitative estimate of drug-likeness (QED) is 0.663. The van der Waals surface area contributed by atoms with Gasteiger partial charge < -0.3 is 11.1 Å². The van der Waals surface area contributed by atoms with Crippen LogP contribution in [0, 0.1) is 6.92 Å². The summed E-state index contributed by atoms with van der Waals surface area (Å²) in [7, 11) is 0. The van der Waals surface area contributed by atoms with Gasteiger partial charge in [-0.15, -0.1) is 11.8 Å². The highest BCUT2D eigenvalue weighted by Crippen LogP contribution is 2.19. The van der Waals surface area contributed by atoms with Crippen LogP contribution in [0.3, 0.4) is 0 Å². The fourth-order valence-corrected chi connectivity index (χ4v) is 2.07. The third kappa shape index (κ3) is 3.29. The lowest BCUT2D eigenvalue weighted by atomic mass is 10.1. The maximum atomic E-state index is 12.1. The van der Waals surface area contributed by atoms with E-state index < -0.39 is 0 Å². The number of thioether (sulfide) groups is 1. The normalized spacial score (nSPS) is 10.2. The van der Waals surface area contributed by atoms with E-state index in [1.807, 2.05) is 43.5 Å². The Morgan fingerprint density at radius 2 is 1.84 bits per heavy atom. The molecule has 1 amide bonds. The van der Waals surface area contributed by atoms with Crippen molar-refractivity contribution in [2.24, 2.45) is 0 Å². The fraction of sp³-hybridized carbons (Fsp3) is 0.133. The predicted molar refractivity (Wildman–Crippen MR) is 81.8 cm³/mol. The van der Waals surface area contributed by atoms with Gasteiger partial charge >= 0.3 is 0 Å². The van der Waals surface area contributed by atoms with Crippen LogP contribution >= 0.6 is 11.8 Å². The maximum Gasteiger partial charge on any atom is 0.255 e. The first-order chi connectivity index (χ1) is 9.10. The largest absolute Gasteiger partial charge is 0.398 e. The fourth-order valence-electron chi connectivity index (χ4n) is 1.66. The summed E-state index contributed by atoms with van der Waals surface area (Å²) in [6, 6.07) is 13.1. The number of carbonyl (C=O) groups excluding carboxylic acids is 1. The molecule has 0 fully saturated rings.